The van der Waals surface area contributed by atoms with E-state index in [2.05, 4.69) is 25.1 Å². The topological polar surface area (TPSA) is 121 Å². The largest absolute Gasteiger partial charge is 0.352 e. The molecule has 3 aromatic heterocycles. The number of benzene rings is 1. The maximum Gasteiger partial charge on any atom is 0.275 e. The lowest BCUT2D eigenvalue weighted by atomic mass is 10.1. The number of aromatic amines is 1. The number of anilines is 1. The fourth-order valence-electron chi connectivity index (χ4n) is 3.58. The van der Waals surface area contributed by atoms with Crippen molar-refractivity contribution in [2.24, 2.45) is 0 Å². The molecule has 1 aliphatic heterocycles. The molecule has 1 saturated heterocycles. The van der Waals surface area contributed by atoms with Crippen molar-refractivity contribution >= 4 is 49.9 Å². The zero-order valence-corrected chi connectivity index (χ0v) is 15.9. The average molecular weight is 409 g/mol. The van der Waals surface area contributed by atoms with Crippen LogP contribution in [0.1, 0.15) is 10.5 Å². The number of thiophene rings is 1. The van der Waals surface area contributed by atoms with Crippen LogP contribution in [0.3, 0.4) is 0 Å². The number of nitro groups is 1. The molecule has 0 radical (unpaired) electrons. The Morgan fingerprint density at radius 3 is 2.76 bits per heavy atom. The molecule has 5 rings (SSSR count). The predicted molar refractivity (Wildman–Crippen MR) is 108 cm³/mol. The third-order valence-corrected chi connectivity index (χ3v) is 5.89. The Kier molecular flexibility index (Phi) is 4.09. The van der Waals surface area contributed by atoms with E-state index in [1.54, 1.807) is 28.6 Å². The van der Waals surface area contributed by atoms with Gasteiger partial charge in [0.1, 0.15) is 17.0 Å². The highest BCUT2D eigenvalue weighted by Gasteiger charge is 2.27. The molecule has 1 N–H and O–H groups in total. The highest BCUT2D eigenvalue weighted by molar-refractivity contribution is 7.16. The summed E-state index contributed by atoms with van der Waals surface area (Å²) in [5.41, 5.74) is 0.735. The molecule has 1 fully saturated rings. The number of hydrogen-bond donors (Lipinski definition) is 1. The van der Waals surface area contributed by atoms with Crippen molar-refractivity contribution in [2.75, 3.05) is 31.1 Å². The van der Waals surface area contributed by atoms with Gasteiger partial charge in [-0.25, -0.2) is 9.97 Å². The van der Waals surface area contributed by atoms with E-state index in [1.165, 1.54) is 12.1 Å². The van der Waals surface area contributed by atoms with E-state index in [4.69, 9.17) is 0 Å². The monoisotopic (exact) mass is 409 g/mol. The number of fused-ring (bicyclic) bond motifs is 2. The van der Waals surface area contributed by atoms with E-state index in [0.29, 0.717) is 37.1 Å². The van der Waals surface area contributed by atoms with Gasteiger partial charge in [0.05, 0.1) is 15.8 Å². The summed E-state index contributed by atoms with van der Waals surface area (Å²) < 4.78 is 0. The third-order valence-electron chi connectivity index (χ3n) is 5.07. The number of nitro benzene ring substituents is 1. The first kappa shape index (κ1) is 17.5. The van der Waals surface area contributed by atoms with E-state index >= 15 is 0 Å². The summed E-state index contributed by atoms with van der Waals surface area (Å²) in [7, 11) is 0. The van der Waals surface area contributed by atoms with E-state index in [1.807, 2.05) is 11.4 Å². The number of carbonyl (C=O) groups is 1. The summed E-state index contributed by atoms with van der Waals surface area (Å²) in [4.78, 5) is 37.1. The standard InChI is InChI=1S/C18H15N7O3S/c26-18(15-13-9-11(25(27)28)1-2-14(13)21-22-15)24-6-4-23(5-7-24)16-12-3-8-29-17(12)20-10-19-16/h1-3,8-10H,4-7H2,(H,21,22). The molecular formula is C18H15N7O3S. The molecule has 0 bridgehead atoms. The van der Waals surface area contributed by atoms with Crippen molar-refractivity contribution < 1.29 is 9.72 Å². The van der Waals surface area contributed by atoms with Crippen LogP contribution in [-0.4, -0.2) is 62.1 Å². The number of rotatable bonds is 3. The van der Waals surface area contributed by atoms with Gasteiger partial charge in [0, 0.05) is 43.7 Å². The van der Waals surface area contributed by atoms with Crippen molar-refractivity contribution in [1.82, 2.24) is 25.1 Å². The molecule has 0 spiro atoms. The SMILES string of the molecule is O=C(c1n[nH]c2ccc([N+](=O)[O-])cc12)N1CCN(c2ncnc3sccc23)CC1. The van der Waals surface area contributed by atoms with Crippen molar-refractivity contribution in [2.45, 2.75) is 0 Å². The number of carbonyl (C=O) groups excluding carboxylic acids is 1. The fraction of sp³-hybridized carbons (Fsp3) is 0.222. The molecule has 11 heteroatoms. The summed E-state index contributed by atoms with van der Waals surface area (Å²) in [6, 6.07) is 6.35. The molecule has 1 amide bonds. The van der Waals surface area contributed by atoms with Crippen LogP contribution < -0.4 is 4.90 Å². The number of hydrogen-bond acceptors (Lipinski definition) is 8. The Hall–Kier alpha value is -3.60. The van der Waals surface area contributed by atoms with Crippen molar-refractivity contribution in [3.63, 3.8) is 0 Å². The van der Waals surface area contributed by atoms with Crippen LogP contribution in [0.25, 0.3) is 21.1 Å². The van der Waals surface area contributed by atoms with E-state index < -0.39 is 4.92 Å². The maximum atomic E-state index is 13.0. The van der Waals surface area contributed by atoms with Gasteiger partial charge in [-0.05, 0) is 17.5 Å². The summed E-state index contributed by atoms with van der Waals surface area (Å²) in [6.45, 7) is 2.29. The summed E-state index contributed by atoms with van der Waals surface area (Å²) in [5, 5.41) is 21.4. The molecule has 0 atom stereocenters. The predicted octanol–water partition coefficient (Wildman–Crippen LogP) is 2.44. The Balaban J connectivity index is 1.36. The fourth-order valence-corrected chi connectivity index (χ4v) is 4.31. The lowest BCUT2D eigenvalue weighted by Gasteiger charge is -2.35. The molecular weight excluding hydrogens is 394 g/mol. The zero-order valence-electron chi connectivity index (χ0n) is 15.1. The Morgan fingerprint density at radius 1 is 1.14 bits per heavy atom. The van der Waals surface area contributed by atoms with Gasteiger partial charge in [-0.15, -0.1) is 11.3 Å². The smallest absolute Gasteiger partial charge is 0.275 e. The summed E-state index contributed by atoms with van der Waals surface area (Å²) >= 11 is 1.57. The van der Waals surface area contributed by atoms with Crippen LogP contribution in [0.5, 0.6) is 0 Å². The number of non-ortho nitro benzene ring substituents is 1. The quantitative estimate of drug-likeness (QED) is 0.407. The number of aromatic nitrogens is 4. The second kappa shape index (κ2) is 6.78. The number of amides is 1. The normalized spacial score (nSPS) is 14.6. The molecule has 10 nitrogen and oxygen atoms in total. The van der Waals surface area contributed by atoms with Gasteiger partial charge in [-0.3, -0.25) is 20.0 Å². The molecule has 0 saturated carbocycles. The first-order chi connectivity index (χ1) is 14.1. The number of H-pyrrole nitrogens is 1. The van der Waals surface area contributed by atoms with Crippen LogP contribution >= 0.6 is 11.3 Å². The van der Waals surface area contributed by atoms with Crippen LogP contribution in [0.2, 0.25) is 0 Å². The van der Waals surface area contributed by atoms with Crippen LogP contribution in [0.15, 0.2) is 36.0 Å². The summed E-state index contributed by atoms with van der Waals surface area (Å²) in [6.07, 6.45) is 1.56. The second-order valence-electron chi connectivity index (χ2n) is 6.68. The van der Waals surface area contributed by atoms with Gasteiger partial charge < -0.3 is 9.80 Å². The van der Waals surface area contributed by atoms with E-state index in [9.17, 15) is 14.9 Å². The van der Waals surface area contributed by atoms with Gasteiger partial charge in [0.25, 0.3) is 11.6 Å². The Labute approximate surface area is 167 Å². The van der Waals surface area contributed by atoms with E-state index in [-0.39, 0.29) is 17.3 Å². The Morgan fingerprint density at radius 2 is 1.97 bits per heavy atom. The highest BCUT2D eigenvalue weighted by Crippen LogP contribution is 2.28. The van der Waals surface area contributed by atoms with Crippen LogP contribution in [-0.2, 0) is 0 Å². The first-order valence-electron chi connectivity index (χ1n) is 8.97. The molecule has 29 heavy (non-hydrogen) atoms. The van der Waals surface area contributed by atoms with Crippen molar-refractivity contribution in [3.05, 3.63) is 51.8 Å². The van der Waals surface area contributed by atoms with Crippen LogP contribution in [0.4, 0.5) is 11.5 Å². The van der Waals surface area contributed by atoms with Crippen molar-refractivity contribution in [3.8, 4) is 0 Å². The molecule has 0 unspecified atom stereocenters. The highest BCUT2D eigenvalue weighted by atomic mass is 32.1. The van der Waals surface area contributed by atoms with Gasteiger partial charge in [0.2, 0.25) is 0 Å². The van der Waals surface area contributed by atoms with Gasteiger partial charge >= 0.3 is 0 Å². The van der Waals surface area contributed by atoms with Gasteiger partial charge in [-0.2, -0.15) is 5.10 Å². The average Bonchev–Trinajstić information content (AvgIpc) is 3.39. The maximum absolute atomic E-state index is 13.0. The minimum absolute atomic E-state index is 0.0682. The van der Waals surface area contributed by atoms with Crippen LogP contribution in [0, 0.1) is 10.1 Å². The molecule has 4 heterocycles. The summed E-state index contributed by atoms with van der Waals surface area (Å²) in [5.74, 6) is 0.643. The minimum Gasteiger partial charge on any atom is -0.352 e. The number of piperazine rings is 1. The van der Waals surface area contributed by atoms with Crippen molar-refractivity contribution in [1.29, 1.82) is 0 Å². The third kappa shape index (κ3) is 2.95. The zero-order chi connectivity index (χ0) is 20.0. The lowest BCUT2D eigenvalue weighted by Crippen LogP contribution is -2.49. The first-order valence-corrected chi connectivity index (χ1v) is 9.85. The Bertz CT molecular complexity index is 1240. The lowest BCUT2D eigenvalue weighted by molar-refractivity contribution is -0.384. The second-order valence-corrected chi connectivity index (χ2v) is 7.57. The van der Waals surface area contributed by atoms with Gasteiger partial charge in [0.15, 0.2) is 5.69 Å². The molecule has 146 valence electrons. The number of nitrogens with one attached hydrogen (secondary N) is 1. The molecule has 1 aliphatic rings. The molecule has 1 aromatic carbocycles. The number of nitrogens with zero attached hydrogens (tertiary/aromatic N) is 6. The molecule has 4 aromatic rings. The minimum atomic E-state index is -0.480. The van der Waals surface area contributed by atoms with E-state index in [0.717, 1.165) is 16.0 Å². The van der Waals surface area contributed by atoms with Gasteiger partial charge in [-0.1, -0.05) is 0 Å². The molecule has 0 aliphatic carbocycles.